The molecule has 2 rings (SSSR count). The highest BCUT2D eigenvalue weighted by molar-refractivity contribution is 5.93. The van der Waals surface area contributed by atoms with Crippen LogP contribution in [0, 0.1) is 11.8 Å². The molecule has 0 saturated carbocycles. The molecule has 2 heterocycles. The van der Waals surface area contributed by atoms with E-state index < -0.39 is 6.09 Å². The van der Waals surface area contributed by atoms with Crippen LogP contribution in [0.2, 0.25) is 0 Å². The van der Waals surface area contributed by atoms with E-state index in [0.717, 1.165) is 22.8 Å². The number of carbonyl (C=O) groups excluding carboxylic acids is 3. The summed E-state index contributed by atoms with van der Waals surface area (Å²) in [7, 11) is 0. The van der Waals surface area contributed by atoms with Gasteiger partial charge in [0.25, 0.3) is 5.91 Å². The van der Waals surface area contributed by atoms with Gasteiger partial charge in [-0.15, -0.1) is 0 Å². The summed E-state index contributed by atoms with van der Waals surface area (Å²) in [6.45, 7) is 4.75. The molecule has 6 heteroatoms. The first-order chi connectivity index (χ1) is 8.97. The van der Waals surface area contributed by atoms with Crippen LogP contribution in [0.15, 0.2) is 0 Å². The minimum atomic E-state index is -0.722. The van der Waals surface area contributed by atoms with Gasteiger partial charge in [0, 0.05) is 19.4 Å². The molecule has 0 aromatic rings. The quantitative estimate of drug-likeness (QED) is 0.723. The number of nitrogens with zero attached hydrogens (tertiary/aromatic N) is 2. The van der Waals surface area contributed by atoms with Crippen molar-refractivity contribution in [1.82, 2.24) is 9.96 Å². The maximum absolute atomic E-state index is 11.9. The molecule has 3 amide bonds. The van der Waals surface area contributed by atoms with E-state index in [1.54, 1.807) is 0 Å². The van der Waals surface area contributed by atoms with Gasteiger partial charge in [-0.1, -0.05) is 13.8 Å². The number of likely N-dealkylation sites (tertiary alicyclic amines) is 1. The van der Waals surface area contributed by atoms with Gasteiger partial charge >= 0.3 is 6.09 Å². The Balaban J connectivity index is 1.90. The molecule has 2 aliphatic rings. The predicted octanol–water partition coefficient (Wildman–Crippen LogP) is 1.56. The van der Waals surface area contributed by atoms with E-state index in [1.807, 2.05) is 13.8 Å². The highest BCUT2D eigenvalue weighted by Crippen LogP contribution is 2.21. The molecule has 2 fully saturated rings. The Hall–Kier alpha value is -1.59. The molecule has 0 radical (unpaired) electrons. The molecule has 0 unspecified atom stereocenters. The van der Waals surface area contributed by atoms with Gasteiger partial charge in [-0.2, -0.15) is 5.06 Å². The average molecular weight is 268 g/mol. The number of amides is 3. The largest absolute Gasteiger partial charge is 0.441 e. The van der Waals surface area contributed by atoms with Crippen molar-refractivity contribution in [2.75, 3.05) is 13.1 Å². The van der Waals surface area contributed by atoms with E-state index in [0.29, 0.717) is 37.8 Å². The number of hydrogen-bond acceptors (Lipinski definition) is 4. The van der Waals surface area contributed by atoms with Crippen LogP contribution >= 0.6 is 0 Å². The zero-order valence-corrected chi connectivity index (χ0v) is 11.4. The Morgan fingerprint density at radius 3 is 2.21 bits per heavy atom. The van der Waals surface area contributed by atoms with Gasteiger partial charge in [0.05, 0.1) is 6.54 Å². The van der Waals surface area contributed by atoms with Crippen molar-refractivity contribution < 1.29 is 19.2 Å². The number of hydrogen-bond donors (Lipinski definition) is 0. The SMILES string of the molecule is C[C@H]1CCN(OC(=O)N2CC[C@H](C)CC2=O)C(=O)C1. The summed E-state index contributed by atoms with van der Waals surface area (Å²) < 4.78 is 0. The van der Waals surface area contributed by atoms with Crippen molar-refractivity contribution in [3.05, 3.63) is 0 Å². The topological polar surface area (TPSA) is 66.9 Å². The standard InChI is InChI=1S/C13H20N2O4/c1-9-3-5-14(11(16)7-9)13(18)19-15-6-4-10(2)8-12(15)17/h9-10H,3-8H2,1-2H3/t9-,10-/m0/s1. The molecular formula is C13H20N2O4. The molecule has 0 spiro atoms. The van der Waals surface area contributed by atoms with Gasteiger partial charge in [0.2, 0.25) is 5.91 Å². The number of carbonyl (C=O) groups is 3. The van der Waals surface area contributed by atoms with E-state index in [-0.39, 0.29) is 11.8 Å². The maximum Gasteiger partial charge on any atom is 0.441 e. The summed E-state index contributed by atoms with van der Waals surface area (Å²) in [5, 5.41) is 1.09. The van der Waals surface area contributed by atoms with E-state index in [4.69, 9.17) is 4.84 Å². The number of hydroxylamine groups is 2. The minimum absolute atomic E-state index is 0.190. The van der Waals surface area contributed by atoms with Crippen molar-refractivity contribution in [2.24, 2.45) is 11.8 Å². The van der Waals surface area contributed by atoms with E-state index in [9.17, 15) is 14.4 Å². The van der Waals surface area contributed by atoms with Crippen LogP contribution in [-0.4, -0.2) is 41.0 Å². The van der Waals surface area contributed by atoms with Gasteiger partial charge in [-0.3, -0.25) is 9.59 Å². The molecule has 2 atom stereocenters. The van der Waals surface area contributed by atoms with E-state index >= 15 is 0 Å². The molecule has 106 valence electrons. The van der Waals surface area contributed by atoms with Gasteiger partial charge < -0.3 is 4.84 Å². The molecule has 0 bridgehead atoms. The highest BCUT2D eigenvalue weighted by Gasteiger charge is 2.33. The molecule has 2 aliphatic heterocycles. The third-order valence-corrected chi connectivity index (χ3v) is 3.70. The van der Waals surface area contributed by atoms with Gasteiger partial charge in [-0.05, 0) is 24.7 Å². The molecule has 2 saturated heterocycles. The predicted molar refractivity (Wildman–Crippen MR) is 66.7 cm³/mol. The van der Waals surface area contributed by atoms with E-state index in [1.165, 1.54) is 0 Å². The molecular weight excluding hydrogens is 248 g/mol. The van der Waals surface area contributed by atoms with Crippen LogP contribution in [0.5, 0.6) is 0 Å². The molecule has 0 aromatic carbocycles. The lowest BCUT2D eigenvalue weighted by Crippen LogP contribution is -2.47. The summed E-state index contributed by atoms with van der Waals surface area (Å²) >= 11 is 0. The Kier molecular flexibility index (Phi) is 4.07. The third kappa shape index (κ3) is 3.24. The first-order valence-corrected chi connectivity index (χ1v) is 6.80. The Morgan fingerprint density at radius 2 is 1.63 bits per heavy atom. The van der Waals surface area contributed by atoms with Crippen LogP contribution in [0.25, 0.3) is 0 Å². The third-order valence-electron chi connectivity index (χ3n) is 3.70. The van der Waals surface area contributed by atoms with Gasteiger partial charge in [0.1, 0.15) is 0 Å². The van der Waals surface area contributed by atoms with Crippen LogP contribution in [-0.2, 0) is 14.4 Å². The highest BCUT2D eigenvalue weighted by atomic mass is 16.7. The van der Waals surface area contributed by atoms with Crippen LogP contribution in [0.4, 0.5) is 4.79 Å². The number of piperidine rings is 2. The maximum atomic E-state index is 11.9. The Morgan fingerprint density at radius 1 is 1.05 bits per heavy atom. The smallest absolute Gasteiger partial charge is 0.318 e. The number of rotatable bonds is 1. The first-order valence-electron chi connectivity index (χ1n) is 6.80. The Bertz CT molecular complexity index is 396. The van der Waals surface area contributed by atoms with Crippen molar-refractivity contribution in [2.45, 2.75) is 39.5 Å². The molecule has 6 nitrogen and oxygen atoms in total. The Labute approximate surface area is 112 Å². The summed E-state index contributed by atoms with van der Waals surface area (Å²) in [5.74, 6) is 0.209. The van der Waals surface area contributed by atoms with Crippen LogP contribution in [0.1, 0.15) is 39.5 Å². The number of imide groups is 1. The zero-order chi connectivity index (χ0) is 14.0. The van der Waals surface area contributed by atoms with Crippen molar-refractivity contribution in [1.29, 1.82) is 0 Å². The fraction of sp³-hybridized carbons (Fsp3) is 0.769. The summed E-state index contributed by atoms with van der Waals surface area (Å²) in [4.78, 5) is 41.5. The fourth-order valence-corrected chi connectivity index (χ4v) is 2.38. The lowest BCUT2D eigenvalue weighted by atomic mass is 9.99. The monoisotopic (exact) mass is 268 g/mol. The van der Waals surface area contributed by atoms with Gasteiger partial charge in [-0.25, -0.2) is 9.69 Å². The average Bonchev–Trinajstić information content (AvgIpc) is 2.32. The molecule has 19 heavy (non-hydrogen) atoms. The summed E-state index contributed by atoms with van der Waals surface area (Å²) in [6, 6.07) is 0. The zero-order valence-electron chi connectivity index (χ0n) is 11.4. The molecule has 0 aromatic heterocycles. The van der Waals surface area contributed by atoms with Crippen molar-refractivity contribution in [3.8, 4) is 0 Å². The minimum Gasteiger partial charge on any atom is -0.318 e. The summed E-state index contributed by atoms with van der Waals surface area (Å²) in [6.07, 6.45) is 1.62. The van der Waals surface area contributed by atoms with E-state index in [2.05, 4.69) is 0 Å². The van der Waals surface area contributed by atoms with Crippen molar-refractivity contribution in [3.63, 3.8) is 0 Å². The lowest BCUT2D eigenvalue weighted by molar-refractivity contribution is -0.177. The summed E-state index contributed by atoms with van der Waals surface area (Å²) in [5.41, 5.74) is 0. The van der Waals surface area contributed by atoms with Crippen LogP contribution in [0.3, 0.4) is 0 Å². The second-order valence-electron chi connectivity index (χ2n) is 5.59. The second-order valence-corrected chi connectivity index (χ2v) is 5.59. The normalized spacial score (nSPS) is 28.5. The first kappa shape index (κ1) is 13.8. The van der Waals surface area contributed by atoms with Crippen molar-refractivity contribution >= 4 is 17.9 Å². The fourth-order valence-electron chi connectivity index (χ4n) is 2.38. The molecule has 0 aliphatic carbocycles. The lowest BCUT2D eigenvalue weighted by Gasteiger charge is -2.32. The second kappa shape index (κ2) is 5.59. The molecule has 0 N–H and O–H groups in total. The van der Waals surface area contributed by atoms with Crippen LogP contribution < -0.4 is 0 Å². The van der Waals surface area contributed by atoms with Gasteiger partial charge in [0.15, 0.2) is 0 Å².